The van der Waals surface area contributed by atoms with Crippen LogP contribution < -0.4 is 16.0 Å². The molecule has 1 aromatic heterocycles. The Morgan fingerprint density at radius 3 is 2.81 bits per heavy atom. The highest BCUT2D eigenvalue weighted by molar-refractivity contribution is 5.90. The summed E-state index contributed by atoms with van der Waals surface area (Å²) in [7, 11) is 0. The second-order valence-corrected chi connectivity index (χ2v) is 7.80. The monoisotopic (exact) mass is 450 g/mol. The van der Waals surface area contributed by atoms with Crippen molar-refractivity contribution in [1.82, 2.24) is 31.0 Å². The fourth-order valence-electron chi connectivity index (χ4n) is 3.27. The maximum Gasteiger partial charge on any atom is 0.315 e. The molecular weight excluding hydrogens is 426 g/mol. The molecule has 4 rings (SSSR count). The van der Waals surface area contributed by atoms with E-state index in [1.807, 2.05) is 4.90 Å². The molecule has 10 nitrogen and oxygen atoms in total. The van der Waals surface area contributed by atoms with E-state index in [0.29, 0.717) is 31.8 Å². The number of hydrogen-bond acceptors (Lipinski definition) is 7. The molecule has 0 spiro atoms. The molecule has 0 bridgehead atoms. The average molecular weight is 450 g/mol. The number of nitrogens with one attached hydrogen (secondary N) is 3. The molecule has 1 atom stereocenters. The van der Waals surface area contributed by atoms with Gasteiger partial charge in [0.25, 0.3) is 11.7 Å². The highest BCUT2D eigenvalue weighted by Gasteiger charge is 2.26. The molecule has 2 heterocycles. The predicted molar refractivity (Wildman–Crippen MR) is 106 cm³/mol. The standard InChI is InChI=1S/C20H24F2N6O4/c21-15-4-1-12(7-16(15)22)10-28-5-6-31-14(11-28)8-23-20(30)24-9-17-26-18(27-32-17)19(29)25-13-2-3-13/h1,4,7,13-14H,2-3,5-6,8-11H2,(H,25,29)(H2,23,24,30)/t14-/m0/s1. The van der Waals surface area contributed by atoms with Gasteiger partial charge in [-0.25, -0.2) is 13.6 Å². The summed E-state index contributed by atoms with van der Waals surface area (Å²) in [6, 6.07) is 3.58. The molecule has 3 amide bonds. The van der Waals surface area contributed by atoms with Gasteiger partial charge in [0.2, 0.25) is 5.89 Å². The van der Waals surface area contributed by atoms with Crippen molar-refractivity contribution >= 4 is 11.9 Å². The van der Waals surface area contributed by atoms with Crippen LogP contribution in [0.4, 0.5) is 13.6 Å². The third-order valence-electron chi connectivity index (χ3n) is 5.09. The molecule has 1 aromatic carbocycles. The van der Waals surface area contributed by atoms with E-state index in [1.54, 1.807) is 6.07 Å². The highest BCUT2D eigenvalue weighted by atomic mass is 19.2. The highest BCUT2D eigenvalue weighted by Crippen LogP contribution is 2.19. The van der Waals surface area contributed by atoms with Crippen LogP contribution >= 0.6 is 0 Å². The summed E-state index contributed by atoms with van der Waals surface area (Å²) in [6.45, 7) is 2.34. The van der Waals surface area contributed by atoms with Gasteiger partial charge in [-0.15, -0.1) is 0 Å². The van der Waals surface area contributed by atoms with Crippen molar-refractivity contribution < 1.29 is 27.6 Å². The van der Waals surface area contributed by atoms with Crippen molar-refractivity contribution in [1.29, 1.82) is 0 Å². The van der Waals surface area contributed by atoms with Crippen molar-refractivity contribution in [3.8, 4) is 0 Å². The summed E-state index contributed by atoms with van der Waals surface area (Å²) in [5.74, 6) is -2.09. The van der Waals surface area contributed by atoms with E-state index in [0.717, 1.165) is 18.9 Å². The first-order valence-electron chi connectivity index (χ1n) is 10.4. The van der Waals surface area contributed by atoms with Gasteiger partial charge in [-0.3, -0.25) is 9.69 Å². The second kappa shape index (κ2) is 10.0. The Bertz CT molecular complexity index is 967. The largest absolute Gasteiger partial charge is 0.374 e. The quantitative estimate of drug-likeness (QED) is 0.547. The van der Waals surface area contributed by atoms with Crippen LogP contribution in [0.1, 0.15) is 34.9 Å². The van der Waals surface area contributed by atoms with E-state index < -0.39 is 23.6 Å². The topological polar surface area (TPSA) is 122 Å². The molecular formula is C20H24F2N6O4. The summed E-state index contributed by atoms with van der Waals surface area (Å²) in [5, 5.41) is 11.6. The number of hydrogen-bond donors (Lipinski definition) is 3. The Labute approximate surface area is 182 Å². The van der Waals surface area contributed by atoms with Gasteiger partial charge >= 0.3 is 6.03 Å². The van der Waals surface area contributed by atoms with E-state index in [9.17, 15) is 18.4 Å². The van der Waals surface area contributed by atoms with Crippen molar-refractivity contribution in [2.75, 3.05) is 26.2 Å². The molecule has 0 radical (unpaired) electrons. The Balaban J connectivity index is 1.17. The minimum Gasteiger partial charge on any atom is -0.374 e. The Morgan fingerprint density at radius 1 is 1.19 bits per heavy atom. The first kappa shape index (κ1) is 22.1. The van der Waals surface area contributed by atoms with Gasteiger partial charge in [-0.05, 0) is 30.5 Å². The number of nitrogens with zero attached hydrogens (tertiary/aromatic N) is 3. The van der Waals surface area contributed by atoms with Crippen molar-refractivity contribution in [2.24, 2.45) is 0 Å². The number of ether oxygens (including phenoxy) is 1. The van der Waals surface area contributed by atoms with Gasteiger partial charge in [0, 0.05) is 32.2 Å². The first-order valence-corrected chi connectivity index (χ1v) is 10.4. The normalized spacial score (nSPS) is 18.9. The number of amides is 3. The molecule has 2 aliphatic rings. The van der Waals surface area contributed by atoms with Crippen LogP contribution in [0.5, 0.6) is 0 Å². The Hall–Kier alpha value is -3.12. The number of benzene rings is 1. The molecule has 1 saturated heterocycles. The van der Waals surface area contributed by atoms with Crippen molar-refractivity contribution in [3.05, 3.63) is 47.1 Å². The van der Waals surface area contributed by atoms with E-state index in [1.165, 1.54) is 6.07 Å². The summed E-state index contributed by atoms with van der Waals surface area (Å²) < 4.78 is 37.1. The van der Waals surface area contributed by atoms with Gasteiger partial charge in [0.05, 0.1) is 19.3 Å². The summed E-state index contributed by atoms with van der Waals surface area (Å²) >= 11 is 0. The van der Waals surface area contributed by atoms with Gasteiger partial charge < -0.3 is 25.2 Å². The number of carbonyl (C=O) groups excluding carboxylic acids is 2. The minimum absolute atomic E-state index is 0.0245. The molecule has 2 fully saturated rings. The molecule has 1 aliphatic carbocycles. The lowest BCUT2D eigenvalue weighted by atomic mass is 10.1. The van der Waals surface area contributed by atoms with E-state index in [2.05, 4.69) is 26.1 Å². The number of urea groups is 1. The average Bonchev–Trinajstić information content (AvgIpc) is 3.46. The summed E-state index contributed by atoms with van der Waals surface area (Å²) in [6.07, 6.45) is 1.65. The molecule has 32 heavy (non-hydrogen) atoms. The smallest absolute Gasteiger partial charge is 0.315 e. The van der Waals surface area contributed by atoms with E-state index in [4.69, 9.17) is 9.26 Å². The maximum atomic E-state index is 13.4. The zero-order valence-electron chi connectivity index (χ0n) is 17.3. The third kappa shape index (κ3) is 6.20. The lowest BCUT2D eigenvalue weighted by Gasteiger charge is -2.33. The van der Waals surface area contributed by atoms with E-state index >= 15 is 0 Å². The molecule has 1 aliphatic heterocycles. The Kier molecular flexibility index (Phi) is 6.90. The van der Waals surface area contributed by atoms with Gasteiger partial charge in [0.1, 0.15) is 0 Å². The minimum atomic E-state index is -0.873. The fourth-order valence-corrected chi connectivity index (χ4v) is 3.27. The lowest BCUT2D eigenvalue weighted by molar-refractivity contribution is -0.0287. The Morgan fingerprint density at radius 2 is 2.03 bits per heavy atom. The van der Waals surface area contributed by atoms with E-state index in [-0.39, 0.29) is 37.0 Å². The number of halogens is 2. The van der Waals surface area contributed by atoms with Gasteiger partial charge in [-0.2, -0.15) is 4.98 Å². The van der Waals surface area contributed by atoms with Crippen LogP contribution in [0.25, 0.3) is 0 Å². The number of carbonyl (C=O) groups is 2. The molecule has 2 aromatic rings. The van der Waals surface area contributed by atoms with Crippen molar-refractivity contribution in [2.45, 2.75) is 38.1 Å². The molecule has 3 N–H and O–H groups in total. The van der Waals surface area contributed by atoms with Crippen molar-refractivity contribution in [3.63, 3.8) is 0 Å². The lowest BCUT2D eigenvalue weighted by Crippen LogP contribution is -2.48. The van der Waals surface area contributed by atoms with Crippen LogP contribution in [0.15, 0.2) is 22.7 Å². The first-order chi connectivity index (χ1) is 15.5. The van der Waals surface area contributed by atoms with Crippen LogP contribution in [-0.4, -0.2) is 65.4 Å². The molecule has 0 unspecified atom stereocenters. The number of rotatable bonds is 8. The molecule has 12 heteroatoms. The zero-order valence-corrected chi connectivity index (χ0v) is 17.3. The third-order valence-corrected chi connectivity index (χ3v) is 5.09. The maximum absolute atomic E-state index is 13.4. The SMILES string of the molecule is O=C(NCc1nc(C(=O)NC2CC2)no1)NC[C@H]1CN(Cc2ccc(F)c(F)c2)CCO1. The summed E-state index contributed by atoms with van der Waals surface area (Å²) in [4.78, 5) is 29.9. The fraction of sp³-hybridized carbons (Fsp3) is 0.500. The van der Waals surface area contributed by atoms with Gasteiger partial charge in [0.15, 0.2) is 11.6 Å². The molecule has 1 saturated carbocycles. The summed E-state index contributed by atoms with van der Waals surface area (Å²) in [5.41, 5.74) is 0.667. The van der Waals surface area contributed by atoms with Crippen LogP contribution in [0.2, 0.25) is 0 Å². The van der Waals surface area contributed by atoms with Crippen LogP contribution in [-0.2, 0) is 17.8 Å². The van der Waals surface area contributed by atoms with Gasteiger partial charge in [-0.1, -0.05) is 11.2 Å². The number of morpholine rings is 1. The van der Waals surface area contributed by atoms with Crippen LogP contribution in [0, 0.1) is 11.6 Å². The molecule has 172 valence electrons. The second-order valence-electron chi connectivity index (χ2n) is 7.80. The number of aromatic nitrogens is 2. The zero-order chi connectivity index (χ0) is 22.5. The predicted octanol–water partition coefficient (Wildman–Crippen LogP) is 0.940. The van der Waals surface area contributed by atoms with Crippen LogP contribution in [0.3, 0.4) is 0 Å².